The Morgan fingerprint density at radius 2 is 1.74 bits per heavy atom. The lowest BCUT2D eigenvalue weighted by Crippen LogP contribution is -2.21. The molecule has 1 aromatic carbocycles. The zero-order valence-electron chi connectivity index (χ0n) is 11.3. The van der Waals surface area contributed by atoms with Crippen molar-refractivity contribution < 1.29 is 14.3 Å². The molecule has 0 radical (unpaired) electrons. The second-order valence-corrected chi connectivity index (χ2v) is 5.85. The Morgan fingerprint density at radius 3 is 2.48 bits per heavy atom. The number of anilines is 1. The number of carbonyl (C=O) groups excluding carboxylic acids is 2. The number of halogens is 4. The molecule has 23 heavy (non-hydrogen) atoms. The topological polar surface area (TPSA) is 68.3 Å². The molecule has 0 aliphatic heterocycles. The van der Waals surface area contributed by atoms with E-state index in [1.807, 2.05) is 0 Å². The van der Waals surface area contributed by atoms with Crippen LogP contribution in [0.2, 0.25) is 20.2 Å². The van der Waals surface area contributed by atoms with Gasteiger partial charge in [0.25, 0.3) is 5.91 Å². The number of benzene rings is 1. The normalized spacial score (nSPS) is 10.3. The fraction of sp³-hybridized carbons (Fsp3) is 0.0714. The maximum absolute atomic E-state index is 11.8. The van der Waals surface area contributed by atoms with E-state index in [4.69, 9.17) is 51.1 Å². The van der Waals surface area contributed by atoms with E-state index in [0.29, 0.717) is 15.7 Å². The van der Waals surface area contributed by atoms with E-state index in [0.717, 1.165) is 0 Å². The fourth-order valence-electron chi connectivity index (χ4n) is 1.54. The maximum Gasteiger partial charge on any atom is 0.359 e. The van der Waals surface area contributed by atoms with E-state index in [1.54, 1.807) is 6.07 Å². The lowest BCUT2D eigenvalue weighted by molar-refractivity contribution is -0.119. The van der Waals surface area contributed by atoms with Crippen LogP contribution in [0.4, 0.5) is 5.69 Å². The average molecular weight is 394 g/mol. The van der Waals surface area contributed by atoms with Gasteiger partial charge in [0, 0.05) is 5.02 Å². The van der Waals surface area contributed by atoms with Crippen LogP contribution in [0.15, 0.2) is 30.3 Å². The van der Waals surface area contributed by atoms with E-state index in [-0.39, 0.29) is 15.9 Å². The van der Waals surface area contributed by atoms with Crippen molar-refractivity contribution in [2.24, 2.45) is 0 Å². The molecular formula is C14H8Cl4N2O3. The highest BCUT2D eigenvalue weighted by molar-refractivity contribution is 6.36. The number of ether oxygens (including phenoxy) is 1. The van der Waals surface area contributed by atoms with Gasteiger partial charge in [-0.1, -0.05) is 46.4 Å². The standard InChI is InChI=1S/C14H8Cl4N2O3/c15-7-1-2-8(16)10(5-7)19-12(21)6-23-14(22)13-9(17)3-4-11(18)20-13/h1-5H,6H2,(H,19,21). The zero-order valence-corrected chi connectivity index (χ0v) is 14.3. The molecule has 0 saturated carbocycles. The second-order valence-electron chi connectivity index (χ2n) is 4.21. The van der Waals surface area contributed by atoms with Crippen LogP contribution >= 0.6 is 46.4 Å². The molecule has 0 aliphatic carbocycles. The van der Waals surface area contributed by atoms with Crippen molar-refractivity contribution in [3.05, 3.63) is 56.2 Å². The molecule has 0 fully saturated rings. The minimum absolute atomic E-state index is 0.0673. The molecule has 1 N–H and O–H groups in total. The SMILES string of the molecule is O=C(COC(=O)c1nc(Cl)ccc1Cl)Nc1cc(Cl)ccc1Cl. The molecule has 0 aliphatic rings. The molecule has 0 unspecified atom stereocenters. The summed E-state index contributed by atoms with van der Waals surface area (Å²) in [5.74, 6) is -1.47. The maximum atomic E-state index is 11.8. The van der Waals surface area contributed by atoms with Crippen molar-refractivity contribution in [2.75, 3.05) is 11.9 Å². The van der Waals surface area contributed by atoms with Gasteiger partial charge >= 0.3 is 5.97 Å². The number of nitrogens with zero attached hydrogens (tertiary/aromatic N) is 1. The van der Waals surface area contributed by atoms with Crippen LogP contribution in [0.25, 0.3) is 0 Å². The monoisotopic (exact) mass is 392 g/mol. The van der Waals surface area contributed by atoms with Crippen molar-refractivity contribution in [3.63, 3.8) is 0 Å². The third-order valence-electron chi connectivity index (χ3n) is 2.54. The summed E-state index contributed by atoms with van der Waals surface area (Å²) in [7, 11) is 0. The van der Waals surface area contributed by atoms with Gasteiger partial charge < -0.3 is 10.1 Å². The van der Waals surface area contributed by atoms with Crippen molar-refractivity contribution in [1.29, 1.82) is 0 Å². The van der Waals surface area contributed by atoms with Gasteiger partial charge in [0.15, 0.2) is 12.3 Å². The summed E-state index contributed by atoms with van der Waals surface area (Å²) in [5, 5.41) is 3.32. The first-order chi connectivity index (χ1) is 10.9. The van der Waals surface area contributed by atoms with Crippen LogP contribution in [0.3, 0.4) is 0 Å². The molecule has 0 atom stereocenters. The Labute approximate surface area is 151 Å². The first-order valence-electron chi connectivity index (χ1n) is 6.11. The average Bonchev–Trinajstić information content (AvgIpc) is 2.51. The number of carbonyl (C=O) groups is 2. The van der Waals surface area contributed by atoms with Gasteiger partial charge in [0.05, 0.1) is 15.7 Å². The Balaban J connectivity index is 1.97. The van der Waals surface area contributed by atoms with Crippen LogP contribution in [0, 0.1) is 0 Å². The first-order valence-corrected chi connectivity index (χ1v) is 7.62. The van der Waals surface area contributed by atoms with Crippen LogP contribution in [0.1, 0.15) is 10.5 Å². The zero-order chi connectivity index (χ0) is 17.0. The highest BCUT2D eigenvalue weighted by Crippen LogP contribution is 2.25. The summed E-state index contributed by atoms with van der Waals surface area (Å²) >= 11 is 23.2. The fourth-order valence-corrected chi connectivity index (χ4v) is 2.21. The van der Waals surface area contributed by atoms with E-state index in [2.05, 4.69) is 10.3 Å². The van der Waals surface area contributed by atoms with Crippen molar-refractivity contribution >= 4 is 64.0 Å². The molecule has 5 nitrogen and oxygen atoms in total. The molecule has 1 aromatic heterocycles. The summed E-state index contributed by atoms with van der Waals surface area (Å²) < 4.78 is 4.84. The van der Waals surface area contributed by atoms with Crippen LogP contribution in [0.5, 0.6) is 0 Å². The van der Waals surface area contributed by atoms with Gasteiger partial charge in [-0.15, -0.1) is 0 Å². The molecule has 0 saturated heterocycles. The molecule has 2 aromatic rings. The quantitative estimate of drug-likeness (QED) is 0.613. The summed E-state index contributed by atoms with van der Waals surface area (Å²) in [6.07, 6.45) is 0. The number of nitrogens with one attached hydrogen (secondary N) is 1. The Bertz CT molecular complexity index is 768. The smallest absolute Gasteiger partial charge is 0.359 e. The summed E-state index contributed by atoms with van der Waals surface area (Å²) in [6, 6.07) is 7.40. The first kappa shape index (κ1) is 17.8. The van der Waals surface area contributed by atoms with E-state index < -0.39 is 18.5 Å². The van der Waals surface area contributed by atoms with Crippen molar-refractivity contribution in [3.8, 4) is 0 Å². The molecule has 9 heteroatoms. The lowest BCUT2D eigenvalue weighted by atomic mass is 10.3. The van der Waals surface area contributed by atoms with Gasteiger partial charge in [0.1, 0.15) is 5.15 Å². The van der Waals surface area contributed by atoms with Crippen molar-refractivity contribution in [2.45, 2.75) is 0 Å². The van der Waals surface area contributed by atoms with Gasteiger partial charge in [-0.05, 0) is 30.3 Å². The number of hydrogen-bond donors (Lipinski definition) is 1. The minimum Gasteiger partial charge on any atom is -0.451 e. The second kappa shape index (κ2) is 7.84. The molecule has 0 bridgehead atoms. The summed E-state index contributed by atoms with van der Waals surface area (Å²) in [5.41, 5.74) is 0.131. The molecule has 0 spiro atoms. The Kier molecular flexibility index (Phi) is 6.07. The van der Waals surface area contributed by atoms with Gasteiger partial charge in [-0.25, -0.2) is 9.78 Å². The lowest BCUT2D eigenvalue weighted by Gasteiger charge is -2.08. The Hall–Kier alpha value is -1.53. The summed E-state index contributed by atoms with van der Waals surface area (Å²) in [6.45, 7) is -0.549. The number of pyridine rings is 1. The molecule has 1 amide bonds. The third-order valence-corrected chi connectivity index (χ3v) is 3.62. The number of esters is 1. The van der Waals surface area contributed by atoms with Gasteiger partial charge in [0.2, 0.25) is 0 Å². The predicted octanol–water partition coefficient (Wildman–Crippen LogP) is 4.49. The predicted molar refractivity (Wildman–Crippen MR) is 89.6 cm³/mol. The van der Waals surface area contributed by atoms with Crippen LogP contribution in [-0.2, 0) is 9.53 Å². The highest BCUT2D eigenvalue weighted by atomic mass is 35.5. The van der Waals surface area contributed by atoms with E-state index >= 15 is 0 Å². The Morgan fingerprint density at radius 1 is 1.04 bits per heavy atom. The molecule has 2 rings (SSSR count). The van der Waals surface area contributed by atoms with Gasteiger partial charge in [-0.2, -0.15) is 0 Å². The molecule has 1 heterocycles. The molecule has 120 valence electrons. The van der Waals surface area contributed by atoms with E-state index in [1.165, 1.54) is 24.3 Å². The molecular weight excluding hydrogens is 386 g/mol. The van der Waals surface area contributed by atoms with Crippen molar-refractivity contribution in [1.82, 2.24) is 4.98 Å². The summed E-state index contributed by atoms with van der Waals surface area (Å²) in [4.78, 5) is 27.4. The number of amides is 1. The number of rotatable bonds is 4. The third kappa shape index (κ3) is 4.97. The highest BCUT2D eigenvalue weighted by Gasteiger charge is 2.16. The number of hydrogen-bond acceptors (Lipinski definition) is 4. The van der Waals surface area contributed by atoms with E-state index in [9.17, 15) is 9.59 Å². The largest absolute Gasteiger partial charge is 0.451 e. The number of aromatic nitrogens is 1. The van der Waals surface area contributed by atoms with Crippen LogP contribution < -0.4 is 5.32 Å². The van der Waals surface area contributed by atoms with Crippen LogP contribution in [-0.4, -0.2) is 23.5 Å². The van der Waals surface area contributed by atoms with Gasteiger partial charge in [-0.3, -0.25) is 4.79 Å². The minimum atomic E-state index is -0.871.